The summed E-state index contributed by atoms with van der Waals surface area (Å²) >= 11 is 0. The molecule has 0 rings (SSSR count). The third-order valence-corrected chi connectivity index (χ3v) is 0. The number of halogens is 4. The van der Waals surface area contributed by atoms with E-state index in [1.807, 2.05) is 0 Å². The quantitative estimate of drug-likeness (QED) is 0.525. The third-order valence-electron chi connectivity index (χ3n) is 0. The molecule has 0 aliphatic heterocycles. The topological polar surface area (TPSA) is 0 Å². The van der Waals surface area contributed by atoms with Crippen LogP contribution in [-0.2, 0) is 0 Å². The van der Waals surface area contributed by atoms with Gasteiger partial charge in [-0.1, -0.05) is 0 Å². The van der Waals surface area contributed by atoms with Crippen molar-refractivity contribution in [2.45, 2.75) is 0 Å². The van der Waals surface area contributed by atoms with E-state index in [-0.39, 0.29) is 67.6 Å². The van der Waals surface area contributed by atoms with Crippen LogP contribution >= 0.6 is 49.6 Å². The van der Waals surface area contributed by atoms with E-state index in [0.717, 1.165) is 0 Å². The molecule has 0 aromatic rings. The van der Waals surface area contributed by atoms with Crippen LogP contribution in [0.2, 0.25) is 0 Å². The van der Waals surface area contributed by atoms with E-state index in [1.165, 1.54) is 0 Å². The Morgan fingerprint density at radius 1 is 0.400 bits per heavy atom. The Morgan fingerprint density at radius 3 is 0.400 bits per heavy atom. The van der Waals surface area contributed by atoms with Gasteiger partial charge < -0.3 is 0 Å². The zero-order valence-corrected chi connectivity index (χ0v) is 8.57. The molecule has 0 fully saturated rings. The molecule has 0 aromatic carbocycles. The molecule has 0 nitrogen and oxygen atoms in total. The molecule has 0 saturated heterocycles. The third kappa shape index (κ3) is 26.8. The van der Waals surface area contributed by atoms with Crippen LogP contribution in [0.1, 0.15) is 0 Å². The van der Waals surface area contributed by atoms with E-state index in [1.54, 1.807) is 0 Å². The van der Waals surface area contributed by atoms with Gasteiger partial charge in [-0.2, -0.15) is 0 Å². The molecule has 0 heterocycles. The van der Waals surface area contributed by atoms with Crippen molar-refractivity contribution in [1.82, 2.24) is 0 Å². The second-order valence-corrected chi connectivity index (χ2v) is 0. The van der Waals surface area contributed by atoms with Crippen LogP contribution in [0.4, 0.5) is 0 Å². The van der Waals surface area contributed by atoms with Crippen LogP contribution in [0, 0.1) is 0 Å². The molecule has 40 valence electrons. The monoisotopic (exact) mass is 222 g/mol. The van der Waals surface area contributed by atoms with Gasteiger partial charge >= 0.3 is 18.0 Å². The Hall–Kier alpha value is 1.72. The van der Waals surface area contributed by atoms with E-state index in [4.69, 9.17) is 0 Å². The molecule has 5 heteroatoms. The molecule has 0 aliphatic carbocycles. The molecule has 0 saturated carbocycles. The van der Waals surface area contributed by atoms with E-state index in [9.17, 15) is 0 Å². The molecular formula is H7AsCl4. The van der Waals surface area contributed by atoms with Crippen LogP contribution in [-0.4, -0.2) is 18.0 Å². The van der Waals surface area contributed by atoms with Crippen LogP contribution in [0.25, 0.3) is 0 Å². The van der Waals surface area contributed by atoms with Crippen LogP contribution in [0.15, 0.2) is 0 Å². The predicted molar refractivity (Wildman–Crippen MR) is 38.9 cm³/mol. The second kappa shape index (κ2) is 43.1. The average molecular weight is 224 g/mol. The summed E-state index contributed by atoms with van der Waals surface area (Å²) in [7, 11) is 0. The fraction of sp³-hybridized carbons (Fsp3) is 0. The Labute approximate surface area is 67.4 Å². The van der Waals surface area contributed by atoms with E-state index >= 15 is 0 Å². The van der Waals surface area contributed by atoms with Gasteiger partial charge in [0.15, 0.2) is 0 Å². The minimum atomic E-state index is 0. The van der Waals surface area contributed by atoms with E-state index in [0.29, 0.717) is 0 Å². The van der Waals surface area contributed by atoms with Crippen molar-refractivity contribution < 1.29 is 0 Å². The summed E-state index contributed by atoms with van der Waals surface area (Å²) in [5.74, 6) is 0. The Balaban J connectivity index is 0. The van der Waals surface area contributed by atoms with Crippen molar-refractivity contribution in [3.63, 3.8) is 0 Å². The molecule has 0 aromatic heterocycles. The molecule has 0 bridgehead atoms. The summed E-state index contributed by atoms with van der Waals surface area (Å²) in [6.45, 7) is 0. The minimum absolute atomic E-state index is 0. The summed E-state index contributed by atoms with van der Waals surface area (Å²) in [6.07, 6.45) is 0. The Bertz CT molecular complexity index is 3.61. The molecule has 0 spiro atoms. The van der Waals surface area contributed by atoms with Crippen molar-refractivity contribution in [2.24, 2.45) is 0 Å². The van der Waals surface area contributed by atoms with Crippen LogP contribution in [0.5, 0.6) is 0 Å². The summed E-state index contributed by atoms with van der Waals surface area (Å²) in [5, 5.41) is 0. The van der Waals surface area contributed by atoms with Gasteiger partial charge in [0, 0.05) is 0 Å². The van der Waals surface area contributed by atoms with Crippen molar-refractivity contribution >= 4 is 67.6 Å². The van der Waals surface area contributed by atoms with Crippen LogP contribution in [0.3, 0.4) is 0 Å². The maximum atomic E-state index is 0. The normalized spacial score (nSPS) is 0. The first-order chi connectivity index (χ1) is 0. The van der Waals surface area contributed by atoms with Crippen molar-refractivity contribution in [3.8, 4) is 0 Å². The molecule has 1 atom stereocenters. The van der Waals surface area contributed by atoms with Gasteiger partial charge in [-0.15, -0.1) is 49.6 Å². The first-order valence-corrected chi connectivity index (χ1v) is 0. The van der Waals surface area contributed by atoms with Crippen molar-refractivity contribution in [1.29, 1.82) is 0 Å². The summed E-state index contributed by atoms with van der Waals surface area (Å²) < 4.78 is 0. The zero-order valence-electron chi connectivity index (χ0n) is 2.34. The van der Waals surface area contributed by atoms with Gasteiger partial charge in [0.25, 0.3) is 0 Å². The number of hydrogen-bond acceptors (Lipinski definition) is 0. The SMILES string of the molecule is Cl.Cl.Cl.Cl.[AsH3]. The second-order valence-electron chi connectivity index (χ2n) is 0. The van der Waals surface area contributed by atoms with E-state index in [2.05, 4.69) is 0 Å². The molecular weight excluding hydrogens is 217 g/mol. The fourth-order valence-corrected chi connectivity index (χ4v) is 0. The summed E-state index contributed by atoms with van der Waals surface area (Å²) in [6, 6.07) is 0. The molecule has 0 N–H and O–H groups in total. The van der Waals surface area contributed by atoms with Crippen molar-refractivity contribution in [2.75, 3.05) is 0 Å². The van der Waals surface area contributed by atoms with Gasteiger partial charge in [-0.05, 0) is 0 Å². The number of rotatable bonds is 0. The molecule has 0 radical (unpaired) electrons. The van der Waals surface area contributed by atoms with Crippen LogP contribution < -0.4 is 0 Å². The number of hydrogen-bond donors (Lipinski definition) is 0. The summed E-state index contributed by atoms with van der Waals surface area (Å²) in [4.78, 5) is 0. The summed E-state index contributed by atoms with van der Waals surface area (Å²) in [5.41, 5.74) is 0. The maximum absolute atomic E-state index is 0. The standard InChI is InChI=1S/AsH3.4ClH/h1H3;4*1H. The van der Waals surface area contributed by atoms with Gasteiger partial charge in [-0.25, -0.2) is 0 Å². The van der Waals surface area contributed by atoms with Crippen molar-refractivity contribution in [3.05, 3.63) is 0 Å². The van der Waals surface area contributed by atoms with Gasteiger partial charge in [0.1, 0.15) is 0 Å². The molecule has 0 aliphatic rings. The first-order valence-electron chi connectivity index (χ1n) is 0. The van der Waals surface area contributed by atoms with E-state index < -0.39 is 0 Å². The Morgan fingerprint density at radius 2 is 0.400 bits per heavy atom. The van der Waals surface area contributed by atoms with Gasteiger partial charge in [-0.3, -0.25) is 0 Å². The average Bonchev–Trinajstić information content (AvgIpc) is 0. The van der Waals surface area contributed by atoms with Gasteiger partial charge in [0.2, 0.25) is 0 Å². The molecule has 5 heavy (non-hydrogen) atoms. The zero-order chi connectivity index (χ0) is 0. The molecule has 0 amide bonds. The predicted octanol–water partition coefficient (Wildman–Crippen LogP) is 0.503. The Kier molecular flexibility index (Phi) is 641. The first kappa shape index (κ1) is 74.4. The molecule has 1 unspecified atom stereocenters. The fourth-order valence-electron chi connectivity index (χ4n) is 0. The van der Waals surface area contributed by atoms with Gasteiger partial charge in [0.05, 0.1) is 0 Å².